The number of carbonyl (C=O) groups is 1. The number of aliphatic hydroxyl groups is 1. The molecule has 0 saturated heterocycles. The Morgan fingerprint density at radius 3 is 2.63 bits per heavy atom. The first-order valence-corrected chi connectivity index (χ1v) is 10.8. The second-order valence-electron chi connectivity index (χ2n) is 7.65. The molecule has 35 heavy (non-hydrogen) atoms. The van der Waals surface area contributed by atoms with Crippen LogP contribution in [0.15, 0.2) is 42.7 Å². The van der Waals surface area contributed by atoms with Crippen LogP contribution in [0.3, 0.4) is 0 Å². The second-order valence-corrected chi connectivity index (χ2v) is 8.09. The van der Waals surface area contributed by atoms with Crippen molar-refractivity contribution in [1.82, 2.24) is 14.5 Å². The molecule has 0 saturated carbocycles. The van der Waals surface area contributed by atoms with E-state index in [1.54, 1.807) is 11.5 Å². The predicted octanol–water partition coefficient (Wildman–Crippen LogP) is 4.41. The topological polar surface area (TPSA) is 98.5 Å². The number of pyridine rings is 2. The van der Waals surface area contributed by atoms with Gasteiger partial charge in [-0.3, -0.25) is 9.78 Å². The zero-order chi connectivity index (χ0) is 25.3. The fourth-order valence-electron chi connectivity index (χ4n) is 3.86. The van der Waals surface area contributed by atoms with E-state index in [0.717, 1.165) is 6.07 Å². The summed E-state index contributed by atoms with van der Waals surface area (Å²) in [6.07, 6.45) is 1.10. The summed E-state index contributed by atoms with van der Waals surface area (Å²) >= 11 is 5.80. The monoisotopic (exact) mass is 502 g/mol. The fourth-order valence-corrected chi connectivity index (χ4v) is 4.00. The molecule has 1 aromatic carbocycles. The number of hydrogen-bond donors (Lipinski definition) is 2. The van der Waals surface area contributed by atoms with Gasteiger partial charge >= 0.3 is 0 Å². The summed E-state index contributed by atoms with van der Waals surface area (Å²) < 4.78 is 40.8. The number of fused-ring (bicyclic) bond motifs is 1. The molecule has 0 aliphatic heterocycles. The van der Waals surface area contributed by atoms with Crippen LogP contribution in [-0.4, -0.2) is 39.8 Å². The number of methoxy groups -OCH3 is 2. The molecular formula is C24H21ClF2N4O4. The molecular weight excluding hydrogens is 482 g/mol. The molecule has 182 valence electrons. The summed E-state index contributed by atoms with van der Waals surface area (Å²) in [7, 11) is 2.74. The molecule has 1 atom stereocenters. The van der Waals surface area contributed by atoms with E-state index in [-0.39, 0.29) is 34.5 Å². The number of carbonyl (C=O) groups excluding carboxylic acids is 1. The second kappa shape index (κ2) is 9.85. The van der Waals surface area contributed by atoms with Crippen molar-refractivity contribution in [3.63, 3.8) is 0 Å². The third-order valence-corrected chi connectivity index (χ3v) is 5.78. The maximum Gasteiger partial charge on any atom is 0.257 e. The molecule has 1 amide bonds. The number of aliphatic hydroxyl groups excluding tert-OH is 1. The molecule has 0 aliphatic rings. The van der Waals surface area contributed by atoms with Crippen LogP contribution >= 0.6 is 11.6 Å². The molecule has 0 fully saturated rings. The number of benzene rings is 1. The molecule has 3 heterocycles. The quantitative estimate of drug-likeness (QED) is 0.388. The highest BCUT2D eigenvalue weighted by Crippen LogP contribution is 2.36. The lowest BCUT2D eigenvalue weighted by Crippen LogP contribution is -2.21. The number of ether oxygens (including phenoxy) is 2. The Hall–Kier alpha value is -3.76. The van der Waals surface area contributed by atoms with Gasteiger partial charge in [-0.15, -0.1) is 0 Å². The summed E-state index contributed by atoms with van der Waals surface area (Å²) in [5, 5.41) is 14.2. The summed E-state index contributed by atoms with van der Waals surface area (Å²) in [6, 6.07) is 6.75. The number of nitrogens with zero attached hydrogens (tertiary/aromatic N) is 3. The minimum atomic E-state index is -1.64. The SMILES string of the molecule is COc1cc(NC(=O)C(O)c2c(C)n(Cc3ncc(Cl)cc3F)c3cc(F)c(OC)cc23)ccn1. The van der Waals surface area contributed by atoms with Crippen LogP contribution in [0.2, 0.25) is 5.02 Å². The lowest BCUT2D eigenvalue weighted by Gasteiger charge is -2.14. The minimum Gasteiger partial charge on any atom is -0.494 e. The van der Waals surface area contributed by atoms with Crippen molar-refractivity contribution in [3.8, 4) is 11.6 Å². The van der Waals surface area contributed by atoms with Gasteiger partial charge in [-0.1, -0.05) is 11.6 Å². The lowest BCUT2D eigenvalue weighted by molar-refractivity contribution is -0.124. The van der Waals surface area contributed by atoms with Crippen molar-refractivity contribution in [1.29, 1.82) is 0 Å². The van der Waals surface area contributed by atoms with E-state index in [2.05, 4.69) is 15.3 Å². The third kappa shape index (κ3) is 4.75. The van der Waals surface area contributed by atoms with Gasteiger partial charge in [-0.2, -0.15) is 0 Å². The summed E-state index contributed by atoms with van der Waals surface area (Å²) in [6.45, 7) is 1.55. The van der Waals surface area contributed by atoms with Gasteiger partial charge in [0.15, 0.2) is 17.7 Å². The first-order chi connectivity index (χ1) is 16.7. The molecule has 11 heteroatoms. The highest BCUT2D eigenvalue weighted by Gasteiger charge is 2.28. The number of hydrogen-bond acceptors (Lipinski definition) is 6. The maximum absolute atomic E-state index is 14.6. The van der Waals surface area contributed by atoms with Crippen LogP contribution in [0.5, 0.6) is 11.6 Å². The van der Waals surface area contributed by atoms with E-state index in [0.29, 0.717) is 22.3 Å². The summed E-state index contributed by atoms with van der Waals surface area (Å²) in [4.78, 5) is 21.0. The molecule has 0 radical (unpaired) electrons. The van der Waals surface area contributed by atoms with Gasteiger partial charge in [0.1, 0.15) is 5.82 Å². The Bertz CT molecular complexity index is 1430. The van der Waals surface area contributed by atoms with Crippen molar-refractivity contribution < 1.29 is 28.2 Å². The van der Waals surface area contributed by atoms with Gasteiger partial charge in [-0.05, 0) is 25.1 Å². The van der Waals surface area contributed by atoms with E-state index in [1.165, 1.54) is 50.9 Å². The van der Waals surface area contributed by atoms with Gasteiger partial charge in [0.05, 0.1) is 37.0 Å². The lowest BCUT2D eigenvalue weighted by atomic mass is 10.0. The van der Waals surface area contributed by atoms with Crippen LogP contribution in [0.1, 0.15) is 23.1 Å². The van der Waals surface area contributed by atoms with Crippen molar-refractivity contribution in [2.24, 2.45) is 0 Å². The first-order valence-electron chi connectivity index (χ1n) is 10.4. The number of anilines is 1. The van der Waals surface area contributed by atoms with Gasteiger partial charge in [-0.25, -0.2) is 13.8 Å². The molecule has 0 bridgehead atoms. The van der Waals surface area contributed by atoms with E-state index in [1.807, 2.05) is 0 Å². The number of aromatic nitrogens is 3. The van der Waals surface area contributed by atoms with E-state index >= 15 is 0 Å². The Labute approximate surface area is 204 Å². The number of amides is 1. The number of nitrogens with one attached hydrogen (secondary N) is 1. The predicted molar refractivity (Wildman–Crippen MR) is 126 cm³/mol. The largest absolute Gasteiger partial charge is 0.494 e. The van der Waals surface area contributed by atoms with Crippen LogP contribution in [-0.2, 0) is 11.3 Å². The normalized spacial score (nSPS) is 12.0. The molecule has 2 N–H and O–H groups in total. The molecule has 0 aliphatic carbocycles. The molecule has 4 aromatic rings. The summed E-state index contributed by atoms with van der Waals surface area (Å²) in [5.41, 5.74) is 1.37. The zero-order valence-corrected chi connectivity index (χ0v) is 19.7. The standard InChI is InChI=1S/C24H21ClF2N4O4/c1-12-22(23(32)24(33)30-14-4-5-28-21(7-14)35-3)15-8-20(34-2)17(27)9-19(15)31(12)11-18-16(26)6-13(25)10-29-18/h4-10,23,32H,11H2,1-3H3,(H,28,30,33). The van der Waals surface area contributed by atoms with Gasteiger partial charge in [0.25, 0.3) is 5.91 Å². The molecule has 4 rings (SSSR count). The molecule has 0 spiro atoms. The highest BCUT2D eigenvalue weighted by atomic mass is 35.5. The number of halogens is 3. The van der Waals surface area contributed by atoms with Crippen LogP contribution in [0, 0.1) is 18.6 Å². The van der Waals surface area contributed by atoms with E-state index in [4.69, 9.17) is 21.1 Å². The third-order valence-electron chi connectivity index (χ3n) is 5.57. The van der Waals surface area contributed by atoms with Crippen molar-refractivity contribution >= 4 is 34.1 Å². The molecule has 3 aromatic heterocycles. The Balaban J connectivity index is 1.80. The van der Waals surface area contributed by atoms with Gasteiger partial charge in [0.2, 0.25) is 5.88 Å². The van der Waals surface area contributed by atoms with Crippen LogP contribution in [0.4, 0.5) is 14.5 Å². The first kappa shape index (κ1) is 24.4. The molecule has 8 nitrogen and oxygen atoms in total. The summed E-state index contributed by atoms with van der Waals surface area (Å²) in [5.74, 6) is -1.82. The molecule has 1 unspecified atom stereocenters. The number of rotatable bonds is 7. The van der Waals surface area contributed by atoms with Gasteiger partial charge in [0, 0.05) is 46.9 Å². The fraction of sp³-hybridized carbons (Fsp3) is 0.208. The Kier molecular flexibility index (Phi) is 6.86. The maximum atomic E-state index is 14.6. The van der Waals surface area contributed by atoms with Crippen molar-refractivity contribution in [2.45, 2.75) is 19.6 Å². The van der Waals surface area contributed by atoms with E-state index < -0.39 is 23.6 Å². The van der Waals surface area contributed by atoms with Crippen molar-refractivity contribution in [2.75, 3.05) is 19.5 Å². The average Bonchev–Trinajstić information content (AvgIpc) is 3.09. The smallest absolute Gasteiger partial charge is 0.257 e. The van der Waals surface area contributed by atoms with Crippen LogP contribution < -0.4 is 14.8 Å². The zero-order valence-electron chi connectivity index (χ0n) is 19.0. The Morgan fingerprint density at radius 2 is 1.94 bits per heavy atom. The highest BCUT2D eigenvalue weighted by molar-refractivity contribution is 6.30. The van der Waals surface area contributed by atoms with Crippen molar-refractivity contribution in [3.05, 3.63) is 76.3 Å². The van der Waals surface area contributed by atoms with Gasteiger partial charge < -0.3 is 24.5 Å². The average molecular weight is 503 g/mol. The Morgan fingerprint density at radius 1 is 1.17 bits per heavy atom. The van der Waals surface area contributed by atoms with Crippen LogP contribution in [0.25, 0.3) is 10.9 Å². The minimum absolute atomic E-state index is 0.0556. The van der Waals surface area contributed by atoms with E-state index in [9.17, 15) is 18.7 Å².